The van der Waals surface area contributed by atoms with Crippen molar-refractivity contribution in [1.29, 1.82) is 0 Å². The van der Waals surface area contributed by atoms with Crippen molar-refractivity contribution >= 4 is 22.3 Å². The summed E-state index contributed by atoms with van der Waals surface area (Å²) in [5, 5.41) is 21.7. The van der Waals surface area contributed by atoms with Crippen molar-refractivity contribution in [2.24, 2.45) is 0 Å². The Hall–Kier alpha value is -3.21. The van der Waals surface area contributed by atoms with Crippen LogP contribution in [0, 0.1) is 6.92 Å². The minimum absolute atomic E-state index is 0.00693. The van der Waals surface area contributed by atoms with Gasteiger partial charge in [-0.3, -0.25) is 14.6 Å². The highest BCUT2D eigenvalue weighted by Gasteiger charge is 2.37. The number of hydrogen-bond donors (Lipinski definition) is 2. The molecular weight excluding hydrogens is 294 g/mol. The maximum Gasteiger partial charge on any atom is 0.216 e. The number of hydrogen-bond acceptors (Lipinski definition) is 5. The summed E-state index contributed by atoms with van der Waals surface area (Å²) < 4.78 is 0. The first kappa shape index (κ1) is 13.5. The first-order valence-electron chi connectivity index (χ1n) is 7.04. The minimum Gasteiger partial charge on any atom is -0.506 e. The number of rotatable bonds is 0. The van der Waals surface area contributed by atoms with Gasteiger partial charge in [-0.2, -0.15) is 0 Å². The molecule has 0 saturated heterocycles. The number of ketones is 2. The van der Waals surface area contributed by atoms with Crippen LogP contribution in [0.5, 0.6) is 11.5 Å². The summed E-state index contributed by atoms with van der Waals surface area (Å²) in [5.41, 5.74) is 0.445. The van der Waals surface area contributed by atoms with Crippen LogP contribution in [-0.2, 0) is 0 Å². The van der Waals surface area contributed by atoms with Gasteiger partial charge in [0, 0.05) is 17.0 Å². The summed E-state index contributed by atoms with van der Waals surface area (Å²) in [6, 6.07) is 8.17. The third-order valence-electron chi connectivity index (χ3n) is 4.22. The van der Waals surface area contributed by atoms with Gasteiger partial charge in [0.15, 0.2) is 5.78 Å². The van der Waals surface area contributed by atoms with Crippen molar-refractivity contribution in [3.05, 3.63) is 64.5 Å². The van der Waals surface area contributed by atoms with Gasteiger partial charge >= 0.3 is 0 Å². The molecule has 0 radical (unpaired) electrons. The lowest BCUT2D eigenvalue weighted by molar-refractivity contribution is 0.0970. The van der Waals surface area contributed by atoms with Crippen molar-refractivity contribution < 1.29 is 19.8 Å². The Balaban J connectivity index is 2.20. The van der Waals surface area contributed by atoms with Gasteiger partial charge in [-0.15, -0.1) is 0 Å². The predicted octanol–water partition coefficient (Wildman–Crippen LogP) is 2.73. The van der Waals surface area contributed by atoms with Crippen LogP contribution >= 0.6 is 0 Å². The monoisotopic (exact) mass is 305 g/mol. The molecule has 1 aliphatic rings. The van der Waals surface area contributed by atoms with Crippen LogP contribution in [0.15, 0.2) is 36.5 Å². The van der Waals surface area contributed by atoms with Crippen molar-refractivity contribution in [2.45, 2.75) is 6.92 Å². The molecule has 2 aromatic carbocycles. The van der Waals surface area contributed by atoms with Crippen LogP contribution in [0.1, 0.15) is 37.5 Å². The van der Waals surface area contributed by atoms with Crippen molar-refractivity contribution in [2.75, 3.05) is 0 Å². The number of aromatic nitrogens is 1. The van der Waals surface area contributed by atoms with E-state index < -0.39 is 11.6 Å². The molecule has 0 aliphatic heterocycles. The fourth-order valence-electron chi connectivity index (χ4n) is 3.10. The Kier molecular flexibility index (Phi) is 2.57. The fourth-order valence-corrected chi connectivity index (χ4v) is 3.10. The van der Waals surface area contributed by atoms with E-state index in [0.717, 1.165) is 0 Å². The van der Waals surface area contributed by atoms with Crippen LogP contribution < -0.4 is 0 Å². The molecule has 112 valence electrons. The molecule has 1 aromatic heterocycles. The second-order valence-corrected chi connectivity index (χ2v) is 5.50. The predicted molar refractivity (Wildman–Crippen MR) is 83.1 cm³/mol. The highest BCUT2D eigenvalue weighted by atomic mass is 16.3. The quantitative estimate of drug-likeness (QED) is 0.488. The van der Waals surface area contributed by atoms with E-state index in [1.165, 1.54) is 6.20 Å². The smallest absolute Gasteiger partial charge is 0.216 e. The molecule has 5 nitrogen and oxygen atoms in total. The maximum absolute atomic E-state index is 12.8. The lowest BCUT2D eigenvalue weighted by Gasteiger charge is -2.21. The van der Waals surface area contributed by atoms with Crippen LogP contribution in [0.2, 0.25) is 0 Å². The first-order valence-corrected chi connectivity index (χ1v) is 7.04. The fraction of sp³-hybridized carbons (Fsp3) is 0.0556. The lowest BCUT2D eigenvalue weighted by atomic mass is 9.82. The molecule has 1 aliphatic carbocycles. The normalized spacial score (nSPS) is 13.1. The number of phenolic OH excluding ortho intramolecular Hbond substituents is 2. The number of pyridine rings is 1. The molecule has 3 aromatic rings. The molecule has 1 heterocycles. The van der Waals surface area contributed by atoms with Crippen LogP contribution in [0.3, 0.4) is 0 Å². The van der Waals surface area contributed by atoms with Gasteiger partial charge in [0.25, 0.3) is 0 Å². The molecule has 0 spiro atoms. The zero-order valence-electron chi connectivity index (χ0n) is 12.1. The molecule has 4 rings (SSSR count). The number of fused-ring (bicyclic) bond motifs is 3. The number of carbonyl (C=O) groups excluding carboxylic acids is 2. The van der Waals surface area contributed by atoms with E-state index in [1.54, 1.807) is 37.3 Å². The van der Waals surface area contributed by atoms with Crippen LogP contribution in [-0.4, -0.2) is 26.8 Å². The maximum atomic E-state index is 12.8. The van der Waals surface area contributed by atoms with Gasteiger partial charge in [-0.05, 0) is 18.6 Å². The van der Waals surface area contributed by atoms with Gasteiger partial charge in [0.1, 0.15) is 17.2 Å². The molecule has 0 fully saturated rings. The number of aromatic hydroxyl groups is 2. The van der Waals surface area contributed by atoms with E-state index >= 15 is 0 Å². The van der Waals surface area contributed by atoms with E-state index in [2.05, 4.69) is 4.98 Å². The highest BCUT2D eigenvalue weighted by Crippen LogP contribution is 2.44. The Morgan fingerprint density at radius 3 is 2.00 bits per heavy atom. The number of aryl methyl sites for hydroxylation is 1. The summed E-state index contributed by atoms with van der Waals surface area (Å²) in [6.07, 6.45) is 1.45. The van der Waals surface area contributed by atoms with E-state index in [4.69, 9.17) is 0 Å². The second-order valence-electron chi connectivity index (χ2n) is 5.50. The van der Waals surface area contributed by atoms with E-state index in [9.17, 15) is 19.8 Å². The van der Waals surface area contributed by atoms with Gasteiger partial charge < -0.3 is 10.2 Å². The zero-order chi connectivity index (χ0) is 16.3. The number of benzene rings is 2. The van der Waals surface area contributed by atoms with Crippen molar-refractivity contribution in [3.8, 4) is 11.5 Å². The largest absolute Gasteiger partial charge is 0.506 e. The molecule has 0 unspecified atom stereocenters. The highest BCUT2D eigenvalue weighted by molar-refractivity contribution is 6.32. The molecule has 2 N–H and O–H groups in total. The van der Waals surface area contributed by atoms with Gasteiger partial charge in [0.2, 0.25) is 5.78 Å². The summed E-state index contributed by atoms with van der Waals surface area (Å²) in [5.74, 6) is -1.66. The zero-order valence-corrected chi connectivity index (χ0v) is 12.1. The number of nitrogens with zero attached hydrogens (tertiary/aromatic N) is 1. The molecule has 0 bridgehead atoms. The number of carbonyl (C=O) groups is 2. The van der Waals surface area contributed by atoms with E-state index in [1.807, 2.05) is 0 Å². The molecule has 0 atom stereocenters. The summed E-state index contributed by atoms with van der Waals surface area (Å²) in [6.45, 7) is 1.70. The van der Waals surface area contributed by atoms with Crippen LogP contribution in [0.4, 0.5) is 0 Å². The minimum atomic E-state index is -0.558. The lowest BCUT2D eigenvalue weighted by Crippen LogP contribution is -2.23. The van der Waals surface area contributed by atoms with Crippen molar-refractivity contribution in [3.63, 3.8) is 0 Å². The number of phenols is 2. The Morgan fingerprint density at radius 2 is 1.39 bits per heavy atom. The standard InChI is InChI=1S/C18H11NO4/c1-8-6-7-19-14-11(8)17(22)12-13(18(14)23)16(21)10-5-3-2-4-9(10)15(12)20/h2-7,20-21H,1H3. The summed E-state index contributed by atoms with van der Waals surface area (Å²) >= 11 is 0. The Morgan fingerprint density at radius 1 is 0.826 bits per heavy atom. The van der Waals surface area contributed by atoms with E-state index in [0.29, 0.717) is 16.3 Å². The van der Waals surface area contributed by atoms with Gasteiger partial charge in [-0.25, -0.2) is 0 Å². The van der Waals surface area contributed by atoms with Crippen molar-refractivity contribution in [1.82, 2.24) is 4.98 Å². The molecule has 23 heavy (non-hydrogen) atoms. The molecule has 5 heteroatoms. The third-order valence-corrected chi connectivity index (χ3v) is 4.22. The Bertz CT molecular complexity index is 1040. The third kappa shape index (κ3) is 1.59. The van der Waals surface area contributed by atoms with Crippen LogP contribution in [0.25, 0.3) is 10.8 Å². The van der Waals surface area contributed by atoms with E-state index in [-0.39, 0.29) is 33.9 Å². The molecule has 0 amide bonds. The summed E-state index contributed by atoms with van der Waals surface area (Å²) in [4.78, 5) is 29.6. The van der Waals surface area contributed by atoms with Gasteiger partial charge in [-0.1, -0.05) is 24.3 Å². The molecule has 0 saturated carbocycles. The molecular formula is C18H11NO4. The first-order chi connectivity index (χ1) is 11.0. The average molecular weight is 305 g/mol. The SMILES string of the molecule is Cc1ccnc2c1C(=O)c1c(c(O)c3ccccc3c1O)C2=O. The Labute approximate surface area is 130 Å². The average Bonchev–Trinajstić information content (AvgIpc) is 2.55. The summed E-state index contributed by atoms with van der Waals surface area (Å²) in [7, 11) is 0. The second kappa shape index (κ2) is 4.39. The topological polar surface area (TPSA) is 87.5 Å². The van der Waals surface area contributed by atoms with Gasteiger partial charge in [0.05, 0.1) is 16.7 Å².